The lowest BCUT2D eigenvalue weighted by molar-refractivity contribution is 0.622. The lowest BCUT2D eigenvalue weighted by Gasteiger charge is -2.09. The molecule has 1 aromatic heterocycles. The average Bonchev–Trinajstić information content (AvgIpc) is 2.33. The van der Waals surface area contributed by atoms with Crippen LogP contribution in [0.25, 0.3) is 0 Å². The molecular formula is C12H11BrFN3. The van der Waals surface area contributed by atoms with Crippen LogP contribution in [0.5, 0.6) is 0 Å². The quantitative estimate of drug-likeness (QED) is 0.855. The van der Waals surface area contributed by atoms with E-state index in [0.29, 0.717) is 22.4 Å². The Bertz CT molecular complexity index is 517. The molecule has 0 amide bonds. The Morgan fingerprint density at radius 3 is 2.88 bits per heavy atom. The van der Waals surface area contributed by atoms with Crippen molar-refractivity contribution < 1.29 is 4.39 Å². The van der Waals surface area contributed by atoms with Gasteiger partial charge in [0.15, 0.2) is 0 Å². The van der Waals surface area contributed by atoms with Crippen molar-refractivity contribution in [3.8, 4) is 0 Å². The molecule has 3 nitrogen and oxygen atoms in total. The van der Waals surface area contributed by atoms with E-state index < -0.39 is 0 Å². The molecule has 0 unspecified atom stereocenters. The number of hydrogen-bond donors (Lipinski definition) is 2. The molecule has 17 heavy (non-hydrogen) atoms. The van der Waals surface area contributed by atoms with Gasteiger partial charge in [-0.15, -0.1) is 0 Å². The zero-order valence-electron chi connectivity index (χ0n) is 8.95. The minimum absolute atomic E-state index is 0.370. The molecule has 2 aromatic rings. The van der Waals surface area contributed by atoms with Crippen molar-refractivity contribution in [2.45, 2.75) is 6.54 Å². The molecule has 88 valence electrons. The highest BCUT2D eigenvalue weighted by molar-refractivity contribution is 9.10. The highest BCUT2D eigenvalue weighted by Crippen LogP contribution is 2.26. The molecule has 0 saturated heterocycles. The maximum atomic E-state index is 13.2. The number of aromatic nitrogens is 1. The number of nitrogens with two attached hydrogens (primary N) is 1. The van der Waals surface area contributed by atoms with Gasteiger partial charge in [0.2, 0.25) is 0 Å². The van der Waals surface area contributed by atoms with E-state index in [2.05, 4.69) is 26.2 Å². The van der Waals surface area contributed by atoms with E-state index in [0.717, 1.165) is 5.69 Å². The highest BCUT2D eigenvalue weighted by Gasteiger charge is 2.05. The number of nitrogen functional groups attached to an aromatic ring is 1. The fourth-order valence-electron chi connectivity index (χ4n) is 1.40. The van der Waals surface area contributed by atoms with Gasteiger partial charge in [-0.2, -0.15) is 0 Å². The van der Waals surface area contributed by atoms with Crippen molar-refractivity contribution in [2.24, 2.45) is 0 Å². The number of rotatable bonds is 3. The predicted molar refractivity (Wildman–Crippen MR) is 70.1 cm³/mol. The monoisotopic (exact) mass is 295 g/mol. The Morgan fingerprint density at radius 2 is 2.18 bits per heavy atom. The van der Waals surface area contributed by atoms with Crippen LogP contribution in [-0.4, -0.2) is 4.98 Å². The van der Waals surface area contributed by atoms with Gasteiger partial charge in [-0.1, -0.05) is 6.07 Å². The van der Waals surface area contributed by atoms with Gasteiger partial charge in [-0.25, -0.2) is 4.39 Å². The van der Waals surface area contributed by atoms with Crippen molar-refractivity contribution in [2.75, 3.05) is 11.1 Å². The standard InChI is InChI=1S/C12H11BrFN3/c13-9-5-12(11(15)6-10(9)14)17-7-8-3-1-2-4-16-8/h1-6,17H,7,15H2. The van der Waals surface area contributed by atoms with E-state index in [9.17, 15) is 4.39 Å². The molecule has 5 heteroatoms. The Labute approximate surface area is 107 Å². The molecule has 0 atom stereocenters. The van der Waals surface area contributed by atoms with E-state index in [1.807, 2.05) is 18.2 Å². The van der Waals surface area contributed by atoms with Crippen LogP contribution in [0.2, 0.25) is 0 Å². The van der Waals surface area contributed by atoms with Crippen LogP contribution in [0.15, 0.2) is 41.0 Å². The van der Waals surface area contributed by atoms with Crippen molar-refractivity contribution >= 4 is 27.3 Å². The largest absolute Gasteiger partial charge is 0.397 e. The van der Waals surface area contributed by atoms with Gasteiger partial charge < -0.3 is 11.1 Å². The number of halogens is 2. The summed E-state index contributed by atoms with van der Waals surface area (Å²) in [5.74, 6) is -0.370. The smallest absolute Gasteiger partial charge is 0.139 e. The second-order valence-electron chi connectivity index (χ2n) is 3.53. The summed E-state index contributed by atoms with van der Waals surface area (Å²) in [5, 5.41) is 3.11. The second kappa shape index (κ2) is 5.14. The fraction of sp³-hybridized carbons (Fsp3) is 0.0833. The minimum atomic E-state index is -0.370. The molecule has 2 rings (SSSR count). The third-order valence-corrected chi connectivity index (χ3v) is 2.89. The molecule has 0 spiro atoms. The minimum Gasteiger partial charge on any atom is -0.397 e. The van der Waals surface area contributed by atoms with Crippen molar-refractivity contribution in [3.63, 3.8) is 0 Å². The molecule has 0 radical (unpaired) electrons. The summed E-state index contributed by atoms with van der Waals surface area (Å²) in [7, 11) is 0. The van der Waals surface area contributed by atoms with Gasteiger partial charge in [0, 0.05) is 12.3 Å². The predicted octanol–water partition coefficient (Wildman–Crippen LogP) is 3.18. The third-order valence-electron chi connectivity index (χ3n) is 2.28. The zero-order chi connectivity index (χ0) is 12.3. The van der Waals surface area contributed by atoms with Gasteiger partial charge in [0.05, 0.1) is 28.1 Å². The number of anilines is 2. The maximum absolute atomic E-state index is 13.2. The number of nitrogens with zero attached hydrogens (tertiary/aromatic N) is 1. The van der Waals surface area contributed by atoms with Crippen molar-refractivity contribution in [1.82, 2.24) is 4.98 Å². The SMILES string of the molecule is Nc1cc(F)c(Br)cc1NCc1ccccn1. The number of nitrogens with one attached hydrogen (secondary N) is 1. The van der Waals surface area contributed by atoms with E-state index in [4.69, 9.17) is 5.73 Å². The maximum Gasteiger partial charge on any atom is 0.139 e. The molecule has 1 heterocycles. The summed E-state index contributed by atoms with van der Waals surface area (Å²) in [6, 6.07) is 8.57. The van der Waals surface area contributed by atoms with Crippen molar-refractivity contribution in [1.29, 1.82) is 0 Å². The number of benzene rings is 1. The summed E-state index contributed by atoms with van der Waals surface area (Å²) >= 11 is 3.12. The number of pyridine rings is 1. The first kappa shape index (κ1) is 11.9. The first-order valence-corrected chi connectivity index (χ1v) is 5.84. The molecule has 0 fully saturated rings. The lowest BCUT2D eigenvalue weighted by Crippen LogP contribution is -2.04. The topological polar surface area (TPSA) is 50.9 Å². The first-order chi connectivity index (χ1) is 8.16. The molecule has 0 bridgehead atoms. The molecule has 0 aliphatic carbocycles. The van der Waals surface area contributed by atoms with E-state index in [1.54, 1.807) is 12.3 Å². The van der Waals surface area contributed by atoms with Crippen LogP contribution >= 0.6 is 15.9 Å². The van der Waals surface area contributed by atoms with Crippen molar-refractivity contribution in [3.05, 3.63) is 52.5 Å². The second-order valence-corrected chi connectivity index (χ2v) is 4.38. The third kappa shape index (κ3) is 2.94. The summed E-state index contributed by atoms with van der Waals surface area (Å²) < 4.78 is 13.5. The van der Waals surface area contributed by atoms with Crippen LogP contribution in [0.4, 0.5) is 15.8 Å². The average molecular weight is 296 g/mol. The molecular weight excluding hydrogens is 285 g/mol. The molecule has 0 saturated carbocycles. The Kier molecular flexibility index (Phi) is 3.58. The van der Waals surface area contributed by atoms with Crippen LogP contribution in [0.1, 0.15) is 5.69 Å². The fourth-order valence-corrected chi connectivity index (χ4v) is 1.75. The molecule has 0 aliphatic heterocycles. The molecule has 3 N–H and O–H groups in total. The Balaban J connectivity index is 2.12. The first-order valence-electron chi connectivity index (χ1n) is 5.05. The van der Waals surface area contributed by atoms with Gasteiger partial charge in [-0.05, 0) is 34.1 Å². The van der Waals surface area contributed by atoms with E-state index in [-0.39, 0.29) is 5.82 Å². The zero-order valence-corrected chi connectivity index (χ0v) is 10.5. The normalized spacial score (nSPS) is 10.2. The van der Waals surface area contributed by atoms with Crippen LogP contribution < -0.4 is 11.1 Å². The lowest BCUT2D eigenvalue weighted by atomic mass is 10.2. The Morgan fingerprint density at radius 1 is 1.35 bits per heavy atom. The van der Waals surface area contributed by atoms with Gasteiger partial charge >= 0.3 is 0 Å². The van der Waals surface area contributed by atoms with Gasteiger partial charge in [-0.3, -0.25) is 4.98 Å². The van der Waals surface area contributed by atoms with Gasteiger partial charge in [0.25, 0.3) is 0 Å². The van der Waals surface area contributed by atoms with E-state index in [1.165, 1.54) is 6.07 Å². The molecule has 0 aliphatic rings. The summed E-state index contributed by atoms with van der Waals surface area (Å²) in [6.07, 6.45) is 1.72. The number of hydrogen-bond acceptors (Lipinski definition) is 3. The van der Waals surface area contributed by atoms with E-state index >= 15 is 0 Å². The Hall–Kier alpha value is -1.62. The summed E-state index contributed by atoms with van der Waals surface area (Å²) in [6.45, 7) is 0.545. The summed E-state index contributed by atoms with van der Waals surface area (Å²) in [5.41, 5.74) is 7.67. The van der Waals surface area contributed by atoms with Crippen LogP contribution in [0, 0.1) is 5.82 Å². The van der Waals surface area contributed by atoms with Crippen LogP contribution in [0.3, 0.4) is 0 Å². The van der Waals surface area contributed by atoms with Gasteiger partial charge in [0.1, 0.15) is 5.82 Å². The summed E-state index contributed by atoms with van der Waals surface area (Å²) in [4.78, 5) is 4.17. The highest BCUT2D eigenvalue weighted by atomic mass is 79.9. The molecule has 1 aromatic carbocycles. The van der Waals surface area contributed by atoms with Crippen LogP contribution in [-0.2, 0) is 6.54 Å².